The van der Waals surface area contributed by atoms with Gasteiger partial charge in [0.15, 0.2) is 5.16 Å². The first-order chi connectivity index (χ1) is 11.3. The Labute approximate surface area is 147 Å². The van der Waals surface area contributed by atoms with E-state index in [1.807, 2.05) is 32.9 Å². The second-order valence-electron chi connectivity index (χ2n) is 5.75. The summed E-state index contributed by atoms with van der Waals surface area (Å²) >= 11 is 1.31. The van der Waals surface area contributed by atoms with Crippen molar-refractivity contribution in [2.45, 2.75) is 39.8 Å². The second-order valence-corrected chi connectivity index (χ2v) is 6.70. The lowest BCUT2D eigenvalue weighted by molar-refractivity contribution is -0.118. The zero-order valence-corrected chi connectivity index (χ0v) is 15.5. The van der Waals surface area contributed by atoms with Gasteiger partial charge in [0.25, 0.3) is 5.91 Å². The number of thioether (sulfide) groups is 1. The number of hydrogen-bond donors (Lipinski definition) is 1. The monoisotopic (exact) mass is 342 g/mol. The Morgan fingerprint density at radius 2 is 1.75 bits per heavy atom. The number of aryl methyl sites for hydroxylation is 4. The van der Waals surface area contributed by atoms with Crippen LogP contribution in [-0.4, -0.2) is 27.3 Å². The van der Waals surface area contributed by atoms with Crippen molar-refractivity contribution < 1.29 is 4.79 Å². The summed E-state index contributed by atoms with van der Waals surface area (Å²) in [5.41, 5.74) is 8.60. The van der Waals surface area contributed by atoms with Crippen molar-refractivity contribution in [3.63, 3.8) is 0 Å². The normalized spacial score (nSPS) is 11.5. The van der Waals surface area contributed by atoms with E-state index in [2.05, 4.69) is 46.5 Å². The van der Waals surface area contributed by atoms with Crippen LogP contribution in [0.5, 0.6) is 0 Å². The number of hydrazone groups is 1. The molecule has 0 bridgehead atoms. The summed E-state index contributed by atoms with van der Waals surface area (Å²) in [5.74, 6) is 0.0537. The Morgan fingerprint density at radius 1 is 1.08 bits per heavy atom. The number of rotatable bonds is 5. The van der Waals surface area contributed by atoms with Crippen LogP contribution >= 0.6 is 11.8 Å². The molecule has 0 unspecified atom stereocenters. The summed E-state index contributed by atoms with van der Waals surface area (Å²) in [5, 5.41) is 4.78. The van der Waals surface area contributed by atoms with Crippen LogP contribution in [0.4, 0.5) is 0 Å². The molecule has 0 atom stereocenters. The number of aromatic nitrogens is 2. The molecule has 0 spiro atoms. The lowest BCUT2D eigenvalue weighted by atomic mass is 10.0. The molecule has 1 aromatic heterocycles. The van der Waals surface area contributed by atoms with Crippen molar-refractivity contribution in [2.75, 3.05) is 5.75 Å². The van der Waals surface area contributed by atoms with Gasteiger partial charge in [0.2, 0.25) is 0 Å². The SMILES string of the molecule is C/C(=N\NC(=O)CSc1nc(C)cc(C)n1)c1ccc(C)c(C)c1. The predicted octanol–water partition coefficient (Wildman–Crippen LogP) is 3.34. The van der Waals surface area contributed by atoms with Crippen LogP contribution < -0.4 is 5.43 Å². The minimum Gasteiger partial charge on any atom is -0.272 e. The van der Waals surface area contributed by atoms with Gasteiger partial charge in [-0.15, -0.1) is 0 Å². The second kappa shape index (κ2) is 8.06. The Morgan fingerprint density at radius 3 is 2.38 bits per heavy atom. The lowest BCUT2D eigenvalue weighted by Crippen LogP contribution is -2.21. The molecule has 1 aromatic carbocycles. The summed E-state index contributed by atoms with van der Waals surface area (Å²) in [6.45, 7) is 9.83. The molecule has 24 heavy (non-hydrogen) atoms. The van der Waals surface area contributed by atoms with Crippen molar-refractivity contribution in [1.82, 2.24) is 15.4 Å². The van der Waals surface area contributed by atoms with Gasteiger partial charge in [-0.2, -0.15) is 5.10 Å². The van der Waals surface area contributed by atoms with Crippen LogP contribution in [0.25, 0.3) is 0 Å². The van der Waals surface area contributed by atoms with E-state index in [1.165, 1.54) is 22.9 Å². The van der Waals surface area contributed by atoms with Crippen molar-refractivity contribution in [1.29, 1.82) is 0 Å². The van der Waals surface area contributed by atoms with E-state index in [1.54, 1.807) is 0 Å². The molecule has 0 aliphatic carbocycles. The van der Waals surface area contributed by atoms with Gasteiger partial charge in [-0.25, -0.2) is 15.4 Å². The third kappa shape index (κ3) is 5.16. The highest BCUT2D eigenvalue weighted by Crippen LogP contribution is 2.14. The van der Waals surface area contributed by atoms with E-state index in [0.29, 0.717) is 5.16 Å². The molecule has 5 nitrogen and oxygen atoms in total. The average Bonchev–Trinajstić information content (AvgIpc) is 2.52. The van der Waals surface area contributed by atoms with Crippen LogP contribution in [0.2, 0.25) is 0 Å². The molecule has 0 saturated heterocycles. The van der Waals surface area contributed by atoms with E-state index >= 15 is 0 Å². The molecule has 0 aliphatic rings. The highest BCUT2D eigenvalue weighted by Gasteiger charge is 2.06. The fraction of sp³-hybridized carbons (Fsp3) is 0.333. The highest BCUT2D eigenvalue weighted by atomic mass is 32.2. The zero-order valence-electron chi connectivity index (χ0n) is 14.7. The number of nitrogens with zero attached hydrogens (tertiary/aromatic N) is 3. The molecular weight excluding hydrogens is 320 g/mol. The quantitative estimate of drug-likeness (QED) is 0.392. The minimum absolute atomic E-state index is 0.175. The number of carbonyl (C=O) groups is 1. The maximum atomic E-state index is 11.9. The van der Waals surface area contributed by atoms with Crippen molar-refractivity contribution in [3.05, 3.63) is 52.3 Å². The molecule has 0 aliphatic heterocycles. The van der Waals surface area contributed by atoms with Crippen LogP contribution in [0.15, 0.2) is 34.5 Å². The zero-order chi connectivity index (χ0) is 17.7. The maximum Gasteiger partial charge on any atom is 0.250 e. The Kier molecular flexibility index (Phi) is 6.09. The summed E-state index contributed by atoms with van der Waals surface area (Å²) in [6.07, 6.45) is 0. The number of amides is 1. The van der Waals surface area contributed by atoms with Gasteiger partial charge in [0.1, 0.15) is 0 Å². The standard InChI is InChI=1S/C18H22N4OS/c1-11-6-7-16(8-12(11)2)15(5)21-22-17(23)10-24-18-19-13(3)9-14(4)20-18/h6-9H,10H2,1-5H3,(H,22,23)/b21-15+. The molecule has 0 radical (unpaired) electrons. The third-order valence-electron chi connectivity index (χ3n) is 3.57. The van der Waals surface area contributed by atoms with Gasteiger partial charge >= 0.3 is 0 Å². The number of benzene rings is 1. The van der Waals surface area contributed by atoms with Gasteiger partial charge < -0.3 is 0 Å². The average molecular weight is 342 g/mol. The van der Waals surface area contributed by atoms with E-state index < -0.39 is 0 Å². The molecular formula is C18H22N4OS. The van der Waals surface area contributed by atoms with Crippen LogP contribution in [0.1, 0.15) is 35.0 Å². The largest absolute Gasteiger partial charge is 0.272 e. The van der Waals surface area contributed by atoms with Crippen LogP contribution in [-0.2, 0) is 4.79 Å². The van der Waals surface area contributed by atoms with Gasteiger partial charge in [0, 0.05) is 11.4 Å². The molecule has 6 heteroatoms. The Bertz CT molecular complexity index is 766. The van der Waals surface area contributed by atoms with E-state index in [4.69, 9.17) is 0 Å². The lowest BCUT2D eigenvalue weighted by Gasteiger charge is -2.06. The molecule has 2 aromatic rings. The molecule has 1 N–H and O–H groups in total. The van der Waals surface area contributed by atoms with Crippen LogP contribution in [0.3, 0.4) is 0 Å². The number of carbonyl (C=O) groups excluding carboxylic acids is 1. The maximum absolute atomic E-state index is 11.9. The fourth-order valence-corrected chi connectivity index (χ4v) is 2.84. The first kappa shape index (κ1) is 18.1. The van der Waals surface area contributed by atoms with E-state index in [9.17, 15) is 4.79 Å². The molecule has 0 fully saturated rings. The first-order valence-electron chi connectivity index (χ1n) is 7.71. The first-order valence-corrected chi connectivity index (χ1v) is 8.69. The highest BCUT2D eigenvalue weighted by molar-refractivity contribution is 7.99. The molecule has 0 saturated carbocycles. The molecule has 2 rings (SSSR count). The summed E-state index contributed by atoms with van der Waals surface area (Å²) in [7, 11) is 0. The smallest absolute Gasteiger partial charge is 0.250 e. The fourth-order valence-electron chi connectivity index (χ4n) is 2.10. The summed E-state index contributed by atoms with van der Waals surface area (Å²) < 4.78 is 0. The van der Waals surface area contributed by atoms with Crippen molar-refractivity contribution in [3.8, 4) is 0 Å². The summed E-state index contributed by atoms with van der Waals surface area (Å²) in [4.78, 5) is 20.6. The number of hydrogen-bond acceptors (Lipinski definition) is 5. The van der Waals surface area contributed by atoms with Gasteiger partial charge in [0.05, 0.1) is 11.5 Å². The minimum atomic E-state index is -0.175. The van der Waals surface area contributed by atoms with Crippen molar-refractivity contribution in [2.24, 2.45) is 5.10 Å². The molecule has 1 amide bonds. The summed E-state index contributed by atoms with van der Waals surface area (Å²) in [6, 6.07) is 8.03. The van der Waals surface area contributed by atoms with Crippen molar-refractivity contribution >= 4 is 23.4 Å². The van der Waals surface area contributed by atoms with Crippen LogP contribution in [0, 0.1) is 27.7 Å². The number of nitrogens with one attached hydrogen (secondary N) is 1. The van der Waals surface area contributed by atoms with E-state index in [0.717, 1.165) is 22.7 Å². The Hall–Kier alpha value is -2.21. The van der Waals surface area contributed by atoms with E-state index in [-0.39, 0.29) is 11.7 Å². The van der Waals surface area contributed by atoms with Gasteiger partial charge in [-0.1, -0.05) is 23.9 Å². The third-order valence-corrected chi connectivity index (χ3v) is 4.41. The topological polar surface area (TPSA) is 67.2 Å². The molecule has 126 valence electrons. The predicted molar refractivity (Wildman–Crippen MR) is 98.5 cm³/mol. The Balaban J connectivity index is 1.93. The van der Waals surface area contributed by atoms with Gasteiger partial charge in [-0.05, 0) is 63.4 Å². The van der Waals surface area contributed by atoms with Gasteiger partial charge in [-0.3, -0.25) is 4.79 Å². The molecule has 1 heterocycles.